The summed E-state index contributed by atoms with van der Waals surface area (Å²) in [6, 6.07) is 15.0. The van der Waals surface area contributed by atoms with Crippen molar-refractivity contribution >= 4 is 17.5 Å². The Morgan fingerprint density at radius 3 is 2.50 bits per heavy atom. The summed E-state index contributed by atoms with van der Waals surface area (Å²) < 4.78 is 0. The topological polar surface area (TPSA) is 84.0 Å². The average Bonchev–Trinajstić information content (AvgIpc) is 2.71. The van der Waals surface area contributed by atoms with Crippen LogP contribution in [0.4, 0.5) is 5.69 Å². The molecule has 1 fully saturated rings. The minimum Gasteiger partial charge on any atom is -0.348 e. The van der Waals surface area contributed by atoms with Gasteiger partial charge in [0.2, 0.25) is 0 Å². The second-order valence-electron chi connectivity index (χ2n) is 6.81. The van der Waals surface area contributed by atoms with Gasteiger partial charge in [-0.2, -0.15) is 0 Å². The largest absolute Gasteiger partial charge is 0.348 e. The molecule has 1 saturated carbocycles. The van der Waals surface area contributed by atoms with E-state index in [1.54, 1.807) is 18.5 Å². The van der Waals surface area contributed by atoms with Gasteiger partial charge < -0.3 is 10.6 Å². The first-order valence-corrected chi connectivity index (χ1v) is 9.28. The van der Waals surface area contributed by atoms with E-state index < -0.39 is 0 Å². The molecule has 6 heteroatoms. The number of anilines is 1. The molecule has 0 unspecified atom stereocenters. The lowest BCUT2D eigenvalue weighted by molar-refractivity contribution is 0.0912. The molecule has 0 aliphatic heterocycles. The Kier molecular flexibility index (Phi) is 5.10. The van der Waals surface area contributed by atoms with E-state index in [0.29, 0.717) is 11.3 Å². The highest BCUT2D eigenvalue weighted by Gasteiger charge is 2.21. The molecule has 4 rings (SSSR count). The van der Waals surface area contributed by atoms with Crippen molar-refractivity contribution in [3.63, 3.8) is 0 Å². The van der Waals surface area contributed by atoms with Crippen LogP contribution in [0.25, 0.3) is 11.1 Å². The van der Waals surface area contributed by atoms with E-state index in [2.05, 4.69) is 20.6 Å². The third-order valence-electron chi connectivity index (χ3n) is 4.80. The second kappa shape index (κ2) is 8.00. The molecular formula is C22H20N4O2. The summed E-state index contributed by atoms with van der Waals surface area (Å²) in [6.07, 6.45) is 7.95. The third-order valence-corrected chi connectivity index (χ3v) is 4.80. The monoisotopic (exact) mass is 372 g/mol. The Morgan fingerprint density at radius 1 is 0.929 bits per heavy atom. The van der Waals surface area contributed by atoms with Crippen molar-refractivity contribution in [3.8, 4) is 11.1 Å². The summed E-state index contributed by atoms with van der Waals surface area (Å²) in [6.45, 7) is 0. The van der Waals surface area contributed by atoms with Gasteiger partial charge in [-0.15, -0.1) is 0 Å². The van der Waals surface area contributed by atoms with E-state index in [1.807, 2.05) is 36.4 Å². The molecular weight excluding hydrogens is 352 g/mol. The lowest BCUT2D eigenvalue weighted by Crippen LogP contribution is -2.39. The highest BCUT2D eigenvalue weighted by molar-refractivity contribution is 6.05. The van der Waals surface area contributed by atoms with Crippen LogP contribution in [0, 0.1) is 0 Å². The van der Waals surface area contributed by atoms with Gasteiger partial charge in [0.15, 0.2) is 0 Å². The molecule has 28 heavy (non-hydrogen) atoms. The average molecular weight is 372 g/mol. The number of carbonyl (C=O) groups is 2. The van der Waals surface area contributed by atoms with Gasteiger partial charge in [0.05, 0.1) is 11.9 Å². The maximum Gasteiger partial charge on any atom is 0.270 e. The number of hydrogen-bond acceptors (Lipinski definition) is 4. The van der Waals surface area contributed by atoms with Crippen molar-refractivity contribution in [1.29, 1.82) is 0 Å². The molecule has 0 spiro atoms. The number of nitrogens with one attached hydrogen (secondary N) is 2. The maximum atomic E-state index is 12.6. The Labute approximate surface area is 163 Å². The number of carbonyl (C=O) groups excluding carboxylic acids is 2. The Bertz CT molecular complexity index is 1000. The summed E-state index contributed by atoms with van der Waals surface area (Å²) in [7, 11) is 0. The fraction of sp³-hybridized carbons (Fsp3) is 0.182. The minimum absolute atomic E-state index is 0.221. The van der Waals surface area contributed by atoms with Crippen LogP contribution in [0.1, 0.15) is 40.1 Å². The fourth-order valence-electron chi connectivity index (χ4n) is 3.01. The molecule has 2 amide bonds. The van der Waals surface area contributed by atoms with Crippen molar-refractivity contribution < 1.29 is 9.59 Å². The number of aromatic nitrogens is 2. The fourth-order valence-corrected chi connectivity index (χ4v) is 3.01. The van der Waals surface area contributed by atoms with Crippen LogP contribution in [0.5, 0.6) is 0 Å². The molecule has 6 nitrogen and oxygen atoms in total. The van der Waals surface area contributed by atoms with Crippen molar-refractivity contribution in [1.82, 2.24) is 15.3 Å². The van der Waals surface area contributed by atoms with E-state index in [1.165, 1.54) is 12.3 Å². The van der Waals surface area contributed by atoms with Crippen LogP contribution >= 0.6 is 0 Å². The highest BCUT2D eigenvalue weighted by atomic mass is 16.2. The van der Waals surface area contributed by atoms with Crippen LogP contribution < -0.4 is 10.6 Å². The van der Waals surface area contributed by atoms with Crippen LogP contribution in [0.2, 0.25) is 0 Å². The molecule has 1 aliphatic rings. The lowest BCUT2D eigenvalue weighted by Gasteiger charge is -2.26. The molecule has 0 bridgehead atoms. The molecule has 2 heterocycles. The summed E-state index contributed by atoms with van der Waals surface area (Å²) in [4.78, 5) is 33.2. The van der Waals surface area contributed by atoms with Gasteiger partial charge in [-0.3, -0.25) is 19.6 Å². The standard InChI is InChI=1S/C22H20N4O2/c27-21(16-9-10-24-20(12-16)22(28)25-18-7-4-8-18)26-19-11-17(13-23-14-19)15-5-2-1-3-6-15/h1-3,5-6,9-14,18H,4,7-8H2,(H,25,28)(H,26,27). The minimum atomic E-state index is -0.313. The second-order valence-corrected chi connectivity index (χ2v) is 6.81. The van der Waals surface area contributed by atoms with Gasteiger partial charge in [-0.05, 0) is 43.0 Å². The number of amides is 2. The molecule has 2 N–H and O–H groups in total. The van der Waals surface area contributed by atoms with Crippen LogP contribution in [0.3, 0.4) is 0 Å². The molecule has 0 saturated heterocycles. The Hall–Kier alpha value is -3.54. The summed E-state index contributed by atoms with van der Waals surface area (Å²) in [5, 5.41) is 5.77. The molecule has 0 radical (unpaired) electrons. The zero-order valence-electron chi connectivity index (χ0n) is 15.3. The number of rotatable bonds is 5. The van der Waals surface area contributed by atoms with E-state index in [0.717, 1.165) is 30.4 Å². The first-order valence-electron chi connectivity index (χ1n) is 9.28. The van der Waals surface area contributed by atoms with E-state index in [-0.39, 0.29) is 23.6 Å². The van der Waals surface area contributed by atoms with Gasteiger partial charge in [-0.25, -0.2) is 0 Å². The Morgan fingerprint density at radius 2 is 1.75 bits per heavy atom. The van der Waals surface area contributed by atoms with Gasteiger partial charge in [-0.1, -0.05) is 30.3 Å². The first-order chi connectivity index (χ1) is 13.7. The van der Waals surface area contributed by atoms with E-state index in [9.17, 15) is 9.59 Å². The van der Waals surface area contributed by atoms with Crippen LogP contribution in [0.15, 0.2) is 67.1 Å². The van der Waals surface area contributed by atoms with Crippen molar-refractivity contribution in [2.45, 2.75) is 25.3 Å². The molecule has 0 atom stereocenters. The molecule has 3 aromatic rings. The molecule has 1 aromatic carbocycles. The number of nitrogens with zero attached hydrogens (tertiary/aromatic N) is 2. The van der Waals surface area contributed by atoms with Crippen LogP contribution in [-0.4, -0.2) is 27.8 Å². The summed E-state index contributed by atoms with van der Waals surface area (Å²) >= 11 is 0. The van der Waals surface area contributed by atoms with Gasteiger partial charge in [0.25, 0.3) is 11.8 Å². The van der Waals surface area contributed by atoms with Crippen LogP contribution in [-0.2, 0) is 0 Å². The smallest absolute Gasteiger partial charge is 0.270 e. The zero-order valence-corrected chi connectivity index (χ0v) is 15.3. The highest BCUT2D eigenvalue weighted by Crippen LogP contribution is 2.21. The van der Waals surface area contributed by atoms with Crippen molar-refractivity contribution in [3.05, 3.63) is 78.4 Å². The van der Waals surface area contributed by atoms with E-state index >= 15 is 0 Å². The van der Waals surface area contributed by atoms with Crippen molar-refractivity contribution in [2.75, 3.05) is 5.32 Å². The normalized spacial score (nSPS) is 13.4. The predicted molar refractivity (Wildman–Crippen MR) is 107 cm³/mol. The number of pyridine rings is 2. The molecule has 1 aliphatic carbocycles. The number of hydrogen-bond donors (Lipinski definition) is 2. The Balaban J connectivity index is 1.48. The zero-order chi connectivity index (χ0) is 19.3. The summed E-state index contributed by atoms with van der Waals surface area (Å²) in [5.41, 5.74) is 3.14. The van der Waals surface area contributed by atoms with Gasteiger partial charge in [0.1, 0.15) is 5.69 Å². The first kappa shape index (κ1) is 17.9. The lowest BCUT2D eigenvalue weighted by atomic mass is 9.93. The molecule has 140 valence electrons. The summed E-state index contributed by atoms with van der Waals surface area (Å²) in [5.74, 6) is -0.556. The SMILES string of the molecule is O=C(Nc1cncc(-c2ccccc2)c1)c1ccnc(C(=O)NC2CCC2)c1. The quantitative estimate of drug-likeness (QED) is 0.716. The van der Waals surface area contributed by atoms with Gasteiger partial charge in [0, 0.05) is 29.6 Å². The maximum absolute atomic E-state index is 12.6. The van der Waals surface area contributed by atoms with E-state index in [4.69, 9.17) is 0 Å². The third kappa shape index (κ3) is 4.06. The van der Waals surface area contributed by atoms with Crippen molar-refractivity contribution in [2.24, 2.45) is 0 Å². The molecule has 2 aromatic heterocycles. The number of benzene rings is 1. The van der Waals surface area contributed by atoms with Gasteiger partial charge >= 0.3 is 0 Å². The predicted octanol–water partition coefficient (Wildman–Crippen LogP) is 3.68.